The zero-order valence-corrected chi connectivity index (χ0v) is 9.40. The van der Waals surface area contributed by atoms with Crippen LogP contribution >= 0.6 is 22.7 Å². The third-order valence-corrected chi connectivity index (χ3v) is 3.77. The summed E-state index contributed by atoms with van der Waals surface area (Å²) in [6, 6.07) is 8.50. The molecule has 0 radical (unpaired) electrons. The van der Waals surface area contributed by atoms with Gasteiger partial charge in [-0.05, 0) is 22.9 Å². The van der Waals surface area contributed by atoms with E-state index in [1.165, 1.54) is 9.75 Å². The second-order valence-corrected chi connectivity index (χ2v) is 4.74. The highest BCUT2D eigenvalue weighted by atomic mass is 32.1. The van der Waals surface area contributed by atoms with E-state index >= 15 is 0 Å². The Hall–Kier alpha value is -0.680. The van der Waals surface area contributed by atoms with Gasteiger partial charge in [0, 0.05) is 9.75 Å². The van der Waals surface area contributed by atoms with Crippen LogP contribution in [0, 0.1) is 0 Å². The molecule has 2 nitrogen and oxygen atoms in total. The lowest BCUT2D eigenvalue weighted by Crippen LogP contribution is -2.19. The molecule has 0 fully saturated rings. The number of nitrogens with one attached hydrogen (secondary N) is 1. The molecule has 0 saturated carbocycles. The highest BCUT2D eigenvalue weighted by Gasteiger charge is 2.15. The van der Waals surface area contributed by atoms with E-state index in [0.717, 1.165) is 0 Å². The van der Waals surface area contributed by atoms with Gasteiger partial charge in [-0.15, -0.1) is 22.7 Å². The summed E-state index contributed by atoms with van der Waals surface area (Å²) in [6.45, 7) is 0. The zero-order chi connectivity index (χ0) is 9.80. The lowest BCUT2D eigenvalue weighted by molar-refractivity contribution is 0.0734. The van der Waals surface area contributed by atoms with Gasteiger partial charge >= 0.3 is 0 Å². The molecular formula is C10H11NOS2. The quantitative estimate of drug-likeness (QED) is 0.807. The molecule has 2 heterocycles. The smallest absolute Gasteiger partial charge is 0.100 e. The van der Waals surface area contributed by atoms with Crippen molar-refractivity contribution in [3.05, 3.63) is 44.8 Å². The summed E-state index contributed by atoms with van der Waals surface area (Å²) < 4.78 is 0. The topological polar surface area (TPSA) is 21.3 Å². The summed E-state index contributed by atoms with van der Waals surface area (Å²) in [4.78, 5) is 7.56. The van der Waals surface area contributed by atoms with E-state index < -0.39 is 0 Å². The van der Waals surface area contributed by atoms with Crippen LogP contribution in [-0.4, -0.2) is 7.11 Å². The van der Waals surface area contributed by atoms with Crippen LogP contribution in [0.4, 0.5) is 0 Å². The van der Waals surface area contributed by atoms with Crippen LogP contribution in [0.1, 0.15) is 15.8 Å². The van der Waals surface area contributed by atoms with E-state index in [0.29, 0.717) is 0 Å². The molecule has 0 unspecified atom stereocenters. The Morgan fingerprint density at radius 1 is 1.14 bits per heavy atom. The van der Waals surface area contributed by atoms with Gasteiger partial charge in [-0.3, -0.25) is 0 Å². The van der Waals surface area contributed by atoms with Gasteiger partial charge in [-0.1, -0.05) is 12.1 Å². The normalized spacial score (nSPS) is 11.0. The number of hydrogen-bond donors (Lipinski definition) is 1. The molecule has 0 aromatic carbocycles. The van der Waals surface area contributed by atoms with Gasteiger partial charge < -0.3 is 4.84 Å². The minimum Gasteiger partial charge on any atom is -0.304 e. The molecule has 0 aliphatic carbocycles. The SMILES string of the molecule is CONC(c1cccs1)c1cccs1. The van der Waals surface area contributed by atoms with Crippen molar-refractivity contribution in [3.8, 4) is 0 Å². The summed E-state index contributed by atoms with van der Waals surface area (Å²) in [7, 11) is 1.65. The molecule has 0 aliphatic rings. The molecule has 74 valence electrons. The van der Waals surface area contributed by atoms with E-state index in [2.05, 4.69) is 40.5 Å². The first-order valence-corrected chi connectivity index (χ1v) is 6.03. The molecular weight excluding hydrogens is 214 g/mol. The fourth-order valence-electron chi connectivity index (χ4n) is 1.29. The lowest BCUT2D eigenvalue weighted by atomic mass is 10.2. The fourth-order valence-corrected chi connectivity index (χ4v) is 2.92. The highest BCUT2D eigenvalue weighted by Crippen LogP contribution is 2.28. The van der Waals surface area contributed by atoms with Crippen molar-refractivity contribution in [2.24, 2.45) is 0 Å². The maximum atomic E-state index is 5.01. The van der Waals surface area contributed by atoms with Crippen molar-refractivity contribution >= 4 is 22.7 Å². The molecule has 0 saturated heterocycles. The Labute approximate surface area is 91.1 Å². The Morgan fingerprint density at radius 3 is 2.07 bits per heavy atom. The van der Waals surface area contributed by atoms with Gasteiger partial charge in [-0.25, -0.2) is 0 Å². The zero-order valence-electron chi connectivity index (χ0n) is 7.77. The van der Waals surface area contributed by atoms with Crippen molar-refractivity contribution in [2.45, 2.75) is 6.04 Å². The largest absolute Gasteiger partial charge is 0.304 e. The molecule has 0 spiro atoms. The number of hydrogen-bond acceptors (Lipinski definition) is 4. The van der Waals surface area contributed by atoms with Gasteiger partial charge in [0.15, 0.2) is 0 Å². The van der Waals surface area contributed by atoms with E-state index in [1.54, 1.807) is 29.8 Å². The van der Waals surface area contributed by atoms with Crippen molar-refractivity contribution in [1.82, 2.24) is 5.48 Å². The minimum atomic E-state index is 0.167. The molecule has 2 aromatic rings. The van der Waals surface area contributed by atoms with Gasteiger partial charge in [0.05, 0.1) is 7.11 Å². The highest BCUT2D eigenvalue weighted by molar-refractivity contribution is 7.11. The Bertz CT molecular complexity index is 321. The van der Waals surface area contributed by atoms with Gasteiger partial charge in [0.1, 0.15) is 6.04 Å². The van der Waals surface area contributed by atoms with Crippen molar-refractivity contribution in [3.63, 3.8) is 0 Å². The summed E-state index contributed by atoms with van der Waals surface area (Å²) in [5.41, 5.74) is 3.01. The van der Waals surface area contributed by atoms with Crippen LogP contribution in [0.15, 0.2) is 35.0 Å². The Kier molecular flexibility index (Phi) is 3.31. The van der Waals surface area contributed by atoms with Crippen LogP contribution in [0.3, 0.4) is 0 Å². The first-order valence-electron chi connectivity index (χ1n) is 4.27. The van der Waals surface area contributed by atoms with E-state index in [4.69, 9.17) is 4.84 Å². The van der Waals surface area contributed by atoms with Crippen LogP contribution in [0.5, 0.6) is 0 Å². The predicted octanol–water partition coefficient (Wildman–Crippen LogP) is 3.05. The molecule has 2 aromatic heterocycles. The summed E-state index contributed by atoms with van der Waals surface area (Å²) in [5.74, 6) is 0. The van der Waals surface area contributed by atoms with Crippen molar-refractivity contribution in [1.29, 1.82) is 0 Å². The summed E-state index contributed by atoms with van der Waals surface area (Å²) in [5, 5.41) is 4.15. The summed E-state index contributed by atoms with van der Waals surface area (Å²) >= 11 is 3.47. The average molecular weight is 225 g/mol. The minimum absolute atomic E-state index is 0.167. The fraction of sp³-hybridized carbons (Fsp3) is 0.200. The van der Waals surface area contributed by atoms with Crippen LogP contribution in [-0.2, 0) is 4.84 Å². The molecule has 0 atom stereocenters. The first kappa shape index (κ1) is 9.86. The third kappa shape index (κ3) is 2.04. The van der Waals surface area contributed by atoms with Crippen LogP contribution < -0.4 is 5.48 Å². The molecule has 0 amide bonds. The predicted molar refractivity (Wildman–Crippen MR) is 60.6 cm³/mol. The molecule has 14 heavy (non-hydrogen) atoms. The summed E-state index contributed by atoms with van der Waals surface area (Å²) in [6.07, 6.45) is 0. The van der Waals surface area contributed by atoms with E-state index in [9.17, 15) is 0 Å². The molecule has 0 bridgehead atoms. The van der Waals surface area contributed by atoms with E-state index in [-0.39, 0.29) is 6.04 Å². The standard InChI is InChI=1S/C10H11NOS2/c1-12-11-10(8-4-2-6-13-8)9-5-3-7-14-9/h2-7,10-11H,1H3. The number of thiophene rings is 2. The van der Waals surface area contributed by atoms with Crippen LogP contribution in [0.2, 0.25) is 0 Å². The van der Waals surface area contributed by atoms with Gasteiger partial charge in [0.25, 0.3) is 0 Å². The van der Waals surface area contributed by atoms with Crippen molar-refractivity contribution in [2.75, 3.05) is 7.11 Å². The molecule has 4 heteroatoms. The Balaban J connectivity index is 2.25. The van der Waals surface area contributed by atoms with Crippen molar-refractivity contribution < 1.29 is 4.84 Å². The lowest BCUT2D eigenvalue weighted by Gasteiger charge is -2.13. The number of rotatable bonds is 4. The maximum absolute atomic E-state index is 5.01. The van der Waals surface area contributed by atoms with Crippen LogP contribution in [0.25, 0.3) is 0 Å². The van der Waals surface area contributed by atoms with E-state index in [1.807, 2.05) is 0 Å². The monoisotopic (exact) mass is 225 g/mol. The third-order valence-electron chi connectivity index (χ3n) is 1.89. The molecule has 2 rings (SSSR count). The molecule has 0 aliphatic heterocycles. The van der Waals surface area contributed by atoms with Gasteiger partial charge in [-0.2, -0.15) is 5.48 Å². The number of hydroxylamine groups is 1. The molecule has 1 N–H and O–H groups in total. The maximum Gasteiger partial charge on any atom is 0.100 e. The van der Waals surface area contributed by atoms with Gasteiger partial charge in [0.2, 0.25) is 0 Å². The Morgan fingerprint density at radius 2 is 1.71 bits per heavy atom. The second-order valence-electron chi connectivity index (χ2n) is 2.79. The average Bonchev–Trinajstić information content (AvgIpc) is 2.87. The second kappa shape index (κ2) is 4.70. The first-order chi connectivity index (χ1) is 6.92.